The lowest BCUT2D eigenvalue weighted by Crippen LogP contribution is -1.99. The number of nitrogens with one attached hydrogen (secondary N) is 2. The Balaban J connectivity index is 1.85. The van der Waals surface area contributed by atoms with E-state index < -0.39 is 0 Å². The number of halogens is 1. The Bertz CT molecular complexity index is 706. The zero-order valence-corrected chi connectivity index (χ0v) is 11.6. The Morgan fingerprint density at radius 3 is 2.79 bits per heavy atom. The van der Waals surface area contributed by atoms with Gasteiger partial charge in [0.2, 0.25) is 0 Å². The van der Waals surface area contributed by atoms with Crippen molar-refractivity contribution in [3.63, 3.8) is 0 Å². The van der Waals surface area contributed by atoms with Crippen LogP contribution in [-0.4, -0.2) is 15.3 Å². The molecule has 3 rings (SSSR count). The number of aromatic amines is 1. The van der Waals surface area contributed by atoms with Crippen LogP contribution < -0.4 is 5.32 Å². The molecule has 1 aromatic heterocycles. The van der Waals surface area contributed by atoms with E-state index in [1.54, 1.807) is 18.3 Å². The van der Waals surface area contributed by atoms with Crippen molar-refractivity contribution in [1.82, 2.24) is 10.2 Å². The fourth-order valence-electron chi connectivity index (χ4n) is 1.97. The molecule has 0 aliphatic heterocycles. The second kappa shape index (κ2) is 4.93. The first-order chi connectivity index (χ1) is 9.22. The highest BCUT2D eigenvalue weighted by molar-refractivity contribution is 9.10. The van der Waals surface area contributed by atoms with Crippen LogP contribution in [0.2, 0.25) is 0 Å². The van der Waals surface area contributed by atoms with Gasteiger partial charge in [0.1, 0.15) is 5.75 Å². The van der Waals surface area contributed by atoms with Gasteiger partial charge in [-0.05, 0) is 29.8 Å². The largest absolute Gasteiger partial charge is 0.508 e. The van der Waals surface area contributed by atoms with E-state index in [9.17, 15) is 5.11 Å². The molecule has 0 amide bonds. The normalized spacial score (nSPS) is 10.8. The van der Waals surface area contributed by atoms with Crippen LogP contribution in [0, 0.1) is 0 Å². The van der Waals surface area contributed by atoms with Crippen molar-refractivity contribution in [3.8, 4) is 5.75 Å². The smallest absolute Gasteiger partial charge is 0.115 e. The maximum absolute atomic E-state index is 9.25. The number of anilines is 1. The summed E-state index contributed by atoms with van der Waals surface area (Å²) in [4.78, 5) is 0. The summed E-state index contributed by atoms with van der Waals surface area (Å²) in [6, 6.07) is 11.2. The number of hydrogen-bond acceptors (Lipinski definition) is 3. The van der Waals surface area contributed by atoms with Crippen molar-refractivity contribution >= 4 is 32.5 Å². The summed E-state index contributed by atoms with van der Waals surface area (Å²) in [7, 11) is 0. The second-order valence-electron chi connectivity index (χ2n) is 4.30. The van der Waals surface area contributed by atoms with Gasteiger partial charge in [-0.15, -0.1) is 0 Å². The number of nitrogens with zero attached hydrogens (tertiary/aromatic N) is 1. The SMILES string of the molecule is Oc1ccc(CNc2cc(Br)cc3[nH]ncc23)cc1. The van der Waals surface area contributed by atoms with E-state index in [0.29, 0.717) is 6.54 Å². The topological polar surface area (TPSA) is 60.9 Å². The van der Waals surface area contributed by atoms with Gasteiger partial charge >= 0.3 is 0 Å². The lowest BCUT2D eigenvalue weighted by atomic mass is 10.2. The molecule has 0 saturated carbocycles. The summed E-state index contributed by atoms with van der Waals surface area (Å²) in [5.41, 5.74) is 3.11. The van der Waals surface area contributed by atoms with Crippen LogP contribution in [0.5, 0.6) is 5.75 Å². The molecule has 0 aliphatic carbocycles. The van der Waals surface area contributed by atoms with Gasteiger partial charge in [0.25, 0.3) is 0 Å². The molecule has 96 valence electrons. The van der Waals surface area contributed by atoms with Crippen molar-refractivity contribution < 1.29 is 5.11 Å². The van der Waals surface area contributed by atoms with Crippen molar-refractivity contribution in [2.45, 2.75) is 6.54 Å². The third-order valence-electron chi connectivity index (χ3n) is 2.94. The van der Waals surface area contributed by atoms with Crippen LogP contribution in [0.1, 0.15) is 5.56 Å². The van der Waals surface area contributed by atoms with Crippen molar-refractivity contribution in [1.29, 1.82) is 0 Å². The van der Waals surface area contributed by atoms with E-state index in [2.05, 4.69) is 31.4 Å². The van der Waals surface area contributed by atoms with Gasteiger partial charge < -0.3 is 10.4 Å². The number of aromatic nitrogens is 2. The molecule has 0 aliphatic rings. The first kappa shape index (κ1) is 12.0. The minimum absolute atomic E-state index is 0.281. The number of phenolic OH excluding ortho intramolecular Hbond substituents is 1. The summed E-state index contributed by atoms with van der Waals surface area (Å²) < 4.78 is 0.998. The first-order valence-corrected chi connectivity index (χ1v) is 6.66. The monoisotopic (exact) mass is 317 g/mol. The number of benzene rings is 2. The summed E-state index contributed by atoms with van der Waals surface area (Å²) in [5.74, 6) is 0.281. The number of phenols is 1. The molecule has 4 nitrogen and oxygen atoms in total. The maximum Gasteiger partial charge on any atom is 0.115 e. The Labute approximate surface area is 118 Å². The molecule has 5 heteroatoms. The summed E-state index contributed by atoms with van der Waals surface area (Å²) in [5, 5.41) is 20.7. The van der Waals surface area contributed by atoms with E-state index >= 15 is 0 Å². The average molecular weight is 318 g/mol. The molecule has 2 aromatic carbocycles. The highest BCUT2D eigenvalue weighted by Crippen LogP contribution is 2.27. The predicted molar refractivity (Wildman–Crippen MR) is 79.2 cm³/mol. The van der Waals surface area contributed by atoms with Crippen LogP contribution in [0.4, 0.5) is 5.69 Å². The van der Waals surface area contributed by atoms with Crippen LogP contribution in [0.15, 0.2) is 47.1 Å². The number of H-pyrrole nitrogens is 1. The number of aromatic hydroxyl groups is 1. The minimum atomic E-state index is 0.281. The first-order valence-electron chi connectivity index (χ1n) is 5.87. The lowest BCUT2D eigenvalue weighted by Gasteiger charge is -2.08. The molecule has 0 atom stereocenters. The Morgan fingerprint density at radius 2 is 2.00 bits per heavy atom. The molecule has 3 aromatic rings. The molecule has 0 unspecified atom stereocenters. The fraction of sp³-hybridized carbons (Fsp3) is 0.0714. The zero-order chi connectivity index (χ0) is 13.2. The Morgan fingerprint density at radius 1 is 1.21 bits per heavy atom. The summed E-state index contributed by atoms with van der Waals surface area (Å²) in [6.45, 7) is 0.691. The van der Waals surface area contributed by atoms with Gasteiger partial charge in [0.15, 0.2) is 0 Å². The average Bonchev–Trinajstić information content (AvgIpc) is 2.85. The van der Waals surface area contributed by atoms with E-state index in [-0.39, 0.29) is 5.75 Å². The van der Waals surface area contributed by atoms with Crippen LogP contribution in [0.25, 0.3) is 10.9 Å². The molecular formula is C14H12BrN3O. The second-order valence-corrected chi connectivity index (χ2v) is 5.22. The van der Waals surface area contributed by atoms with Gasteiger partial charge in [0.05, 0.1) is 11.7 Å². The minimum Gasteiger partial charge on any atom is -0.508 e. The molecule has 0 fully saturated rings. The van der Waals surface area contributed by atoms with Crippen molar-refractivity contribution in [3.05, 3.63) is 52.6 Å². The van der Waals surface area contributed by atoms with Crippen molar-refractivity contribution in [2.75, 3.05) is 5.32 Å². The molecule has 19 heavy (non-hydrogen) atoms. The quantitative estimate of drug-likeness (QED) is 0.691. The molecular weight excluding hydrogens is 306 g/mol. The lowest BCUT2D eigenvalue weighted by molar-refractivity contribution is 0.475. The molecule has 0 spiro atoms. The molecule has 0 radical (unpaired) electrons. The zero-order valence-electron chi connectivity index (χ0n) is 10.0. The van der Waals surface area contributed by atoms with E-state index in [4.69, 9.17) is 0 Å². The van der Waals surface area contributed by atoms with E-state index in [1.807, 2.05) is 24.3 Å². The number of rotatable bonds is 3. The fourth-order valence-corrected chi connectivity index (χ4v) is 2.43. The molecule has 0 saturated heterocycles. The van der Waals surface area contributed by atoms with Gasteiger partial charge in [-0.1, -0.05) is 28.1 Å². The summed E-state index contributed by atoms with van der Waals surface area (Å²) in [6.07, 6.45) is 1.81. The third kappa shape index (κ3) is 2.56. The molecule has 3 N–H and O–H groups in total. The van der Waals surface area contributed by atoms with Gasteiger partial charge in [-0.2, -0.15) is 5.10 Å². The van der Waals surface area contributed by atoms with E-state index in [1.165, 1.54) is 0 Å². The summed E-state index contributed by atoms with van der Waals surface area (Å²) >= 11 is 3.48. The van der Waals surface area contributed by atoms with Crippen LogP contribution in [0.3, 0.4) is 0 Å². The van der Waals surface area contributed by atoms with Crippen molar-refractivity contribution in [2.24, 2.45) is 0 Å². The molecule has 0 bridgehead atoms. The number of fused-ring (bicyclic) bond motifs is 1. The maximum atomic E-state index is 9.25. The van der Waals surface area contributed by atoms with E-state index in [0.717, 1.165) is 26.6 Å². The Kier molecular flexibility index (Phi) is 3.13. The third-order valence-corrected chi connectivity index (χ3v) is 3.40. The van der Waals surface area contributed by atoms with Gasteiger partial charge in [-0.3, -0.25) is 5.10 Å². The van der Waals surface area contributed by atoms with Gasteiger partial charge in [-0.25, -0.2) is 0 Å². The highest BCUT2D eigenvalue weighted by atomic mass is 79.9. The Hall–Kier alpha value is -2.01. The van der Waals surface area contributed by atoms with Gasteiger partial charge in [0, 0.05) is 22.1 Å². The van der Waals surface area contributed by atoms with Crippen LogP contribution in [-0.2, 0) is 6.54 Å². The molecule has 1 heterocycles. The number of hydrogen-bond donors (Lipinski definition) is 3. The van der Waals surface area contributed by atoms with Crippen LogP contribution >= 0.6 is 15.9 Å². The predicted octanol–water partition coefficient (Wildman–Crippen LogP) is 3.64. The standard InChI is InChI=1S/C14H12BrN3O/c15-10-5-13(12-8-17-18-14(12)6-10)16-7-9-1-3-11(19)4-2-9/h1-6,8,16,19H,7H2,(H,17,18). The highest BCUT2D eigenvalue weighted by Gasteiger charge is 2.04.